The van der Waals surface area contributed by atoms with Gasteiger partial charge in [-0.3, -0.25) is 10.1 Å². The summed E-state index contributed by atoms with van der Waals surface area (Å²) in [4.78, 5) is 37.2. The van der Waals surface area contributed by atoms with E-state index in [4.69, 9.17) is 9.47 Å². The SMILES string of the molecule is CCOC(=O)C1(C(=O)OCC)C=C(C(C)=O)[C@@H](c2ccc(Br)cc2)N1. The normalized spacial score (nSPS) is 18.4. The molecule has 1 aromatic carbocycles. The summed E-state index contributed by atoms with van der Waals surface area (Å²) in [6, 6.07) is 6.66. The minimum atomic E-state index is -1.83. The van der Waals surface area contributed by atoms with Crippen LogP contribution in [0.5, 0.6) is 0 Å². The maximum absolute atomic E-state index is 12.5. The largest absolute Gasteiger partial charge is 0.464 e. The number of carbonyl (C=O) groups is 3. The number of ether oxygens (including phenoxy) is 2. The highest BCUT2D eigenvalue weighted by Gasteiger charge is 2.54. The van der Waals surface area contributed by atoms with E-state index in [0.29, 0.717) is 5.57 Å². The fraction of sp³-hybridized carbons (Fsp3) is 0.389. The van der Waals surface area contributed by atoms with E-state index in [9.17, 15) is 14.4 Å². The van der Waals surface area contributed by atoms with E-state index >= 15 is 0 Å². The Kier molecular flexibility index (Phi) is 6.13. The molecule has 0 unspecified atom stereocenters. The lowest BCUT2D eigenvalue weighted by Gasteiger charge is -2.26. The van der Waals surface area contributed by atoms with Crippen molar-refractivity contribution in [1.82, 2.24) is 5.32 Å². The van der Waals surface area contributed by atoms with Gasteiger partial charge in [0, 0.05) is 10.0 Å². The summed E-state index contributed by atoms with van der Waals surface area (Å²) >= 11 is 3.36. The molecule has 1 aliphatic heterocycles. The van der Waals surface area contributed by atoms with Gasteiger partial charge in [-0.1, -0.05) is 28.1 Å². The van der Waals surface area contributed by atoms with Crippen molar-refractivity contribution in [3.8, 4) is 0 Å². The van der Waals surface area contributed by atoms with Gasteiger partial charge >= 0.3 is 11.9 Å². The third kappa shape index (κ3) is 3.82. The second kappa shape index (κ2) is 7.93. The topological polar surface area (TPSA) is 81.7 Å². The van der Waals surface area contributed by atoms with Crippen LogP contribution in [0.25, 0.3) is 0 Å². The third-order valence-electron chi connectivity index (χ3n) is 3.86. The fourth-order valence-electron chi connectivity index (χ4n) is 2.70. The van der Waals surface area contributed by atoms with Crippen LogP contribution in [0.3, 0.4) is 0 Å². The second-order valence-corrected chi connectivity index (χ2v) is 6.45. The molecule has 7 heteroatoms. The van der Waals surface area contributed by atoms with Crippen molar-refractivity contribution in [2.45, 2.75) is 32.4 Å². The van der Waals surface area contributed by atoms with Gasteiger partial charge in [0.05, 0.1) is 19.3 Å². The molecule has 0 aromatic heterocycles. The third-order valence-corrected chi connectivity index (χ3v) is 4.39. The van der Waals surface area contributed by atoms with Crippen molar-refractivity contribution in [3.63, 3.8) is 0 Å². The van der Waals surface area contributed by atoms with Crippen LogP contribution in [0.2, 0.25) is 0 Å². The van der Waals surface area contributed by atoms with Crippen LogP contribution in [0.15, 0.2) is 40.4 Å². The van der Waals surface area contributed by atoms with Crippen LogP contribution in [-0.4, -0.2) is 36.5 Å². The smallest absolute Gasteiger partial charge is 0.342 e. The lowest BCUT2D eigenvalue weighted by molar-refractivity contribution is -0.162. The highest BCUT2D eigenvalue weighted by Crippen LogP contribution is 2.35. The number of rotatable bonds is 6. The number of benzene rings is 1. The maximum Gasteiger partial charge on any atom is 0.342 e. The zero-order valence-electron chi connectivity index (χ0n) is 14.3. The number of esters is 2. The van der Waals surface area contributed by atoms with Gasteiger partial charge in [0.2, 0.25) is 5.54 Å². The molecular weight excluding hydrogens is 390 g/mol. The number of Topliss-reactive ketones (excluding diaryl/α,β-unsaturated/α-hetero) is 1. The van der Waals surface area contributed by atoms with Gasteiger partial charge in [0.1, 0.15) is 0 Å². The molecule has 1 aromatic rings. The van der Waals surface area contributed by atoms with Crippen molar-refractivity contribution in [3.05, 3.63) is 46.0 Å². The van der Waals surface area contributed by atoms with E-state index in [1.807, 2.05) is 24.3 Å². The summed E-state index contributed by atoms with van der Waals surface area (Å²) in [6.07, 6.45) is 1.33. The molecule has 0 saturated carbocycles. The number of hydrogen-bond donors (Lipinski definition) is 1. The van der Waals surface area contributed by atoms with E-state index in [0.717, 1.165) is 10.0 Å². The second-order valence-electron chi connectivity index (χ2n) is 5.53. The Morgan fingerprint density at radius 2 is 1.60 bits per heavy atom. The van der Waals surface area contributed by atoms with Crippen LogP contribution in [0.4, 0.5) is 0 Å². The average Bonchev–Trinajstić information content (AvgIpc) is 2.98. The Balaban J connectivity index is 2.51. The van der Waals surface area contributed by atoms with Gasteiger partial charge in [-0.2, -0.15) is 0 Å². The Labute approximate surface area is 154 Å². The fourth-order valence-corrected chi connectivity index (χ4v) is 2.96. The number of carbonyl (C=O) groups excluding carboxylic acids is 3. The van der Waals surface area contributed by atoms with Gasteiger partial charge in [-0.25, -0.2) is 9.59 Å². The summed E-state index contributed by atoms with van der Waals surface area (Å²) in [7, 11) is 0. The van der Waals surface area contributed by atoms with Crippen molar-refractivity contribution in [2.75, 3.05) is 13.2 Å². The first-order valence-electron chi connectivity index (χ1n) is 7.97. The summed E-state index contributed by atoms with van der Waals surface area (Å²) in [5.41, 5.74) is -0.756. The van der Waals surface area contributed by atoms with Gasteiger partial charge < -0.3 is 9.47 Å². The number of halogens is 1. The zero-order valence-corrected chi connectivity index (χ0v) is 15.9. The van der Waals surface area contributed by atoms with E-state index in [2.05, 4.69) is 21.2 Å². The van der Waals surface area contributed by atoms with E-state index in [1.54, 1.807) is 13.8 Å². The number of hydrogen-bond acceptors (Lipinski definition) is 6. The van der Waals surface area contributed by atoms with Crippen LogP contribution < -0.4 is 5.32 Å². The van der Waals surface area contributed by atoms with Crippen molar-refractivity contribution >= 4 is 33.7 Å². The molecule has 0 aliphatic carbocycles. The Bertz CT molecular complexity index is 693. The molecule has 0 fully saturated rings. The summed E-state index contributed by atoms with van der Waals surface area (Å²) in [5.74, 6) is -1.81. The van der Waals surface area contributed by atoms with E-state index in [1.165, 1.54) is 13.0 Å². The minimum Gasteiger partial charge on any atom is -0.464 e. The molecule has 1 heterocycles. The van der Waals surface area contributed by atoms with Crippen LogP contribution in [-0.2, 0) is 23.9 Å². The van der Waals surface area contributed by atoms with Gasteiger partial charge in [0.25, 0.3) is 0 Å². The molecule has 0 radical (unpaired) electrons. The molecule has 0 saturated heterocycles. The molecule has 0 bridgehead atoms. The van der Waals surface area contributed by atoms with E-state index in [-0.39, 0.29) is 19.0 Å². The van der Waals surface area contributed by atoms with E-state index < -0.39 is 23.5 Å². The molecule has 25 heavy (non-hydrogen) atoms. The number of ketones is 1. The van der Waals surface area contributed by atoms with Gasteiger partial charge in [-0.05, 0) is 44.5 Å². The summed E-state index contributed by atoms with van der Waals surface area (Å²) in [6.45, 7) is 4.90. The number of nitrogens with one attached hydrogen (secondary N) is 1. The highest BCUT2D eigenvalue weighted by molar-refractivity contribution is 9.10. The first-order chi connectivity index (χ1) is 11.9. The Morgan fingerprint density at radius 3 is 2.04 bits per heavy atom. The molecule has 6 nitrogen and oxygen atoms in total. The molecule has 1 atom stereocenters. The zero-order chi connectivity index (χ0) is 18.6. The predicted molar refractivity (Wildman–Crippen MR) is 94.8 cm³/mol. The van der Waals surface area contributed by atoms with Gasteiger partial charge in [0.15, 0.2) is 5.78 Å². The maximum atomic E-state index is 12.5. The van der Waals surface area contributed by atoms with Crippen molar-refractivity contribution in [1.29, 1.82) is 0 Å². The minimum absolute atomic E-state index is 0.105. The molecule has 134 valence electrons. The molecule has 1 N–H and O–H groups in total. The predicted octanol–water partition coefficient (Wildman–Crippen LogP) is 2.47. The van der Waals surface area contributed by atoms with Crippen LogP contribution >= 0.6 is 15.9 Å². The Hall–Kier alpha value is -1.99. The lowest BCUT2D eigenvalue weighted by atomic mass is 9.97. The molecule has 0 spiro atoms. The monoisotopic (exact) mass is 409 g/mol. The Morgan fingerprint density at radius 1 is 1.08 bits per heavy atom. The standard InChI is InChI=1S/C18H20BrNO5/c1-4-24-16(22)18(17(23)25-5-2)10-14(11(3)21)15(20-18)12-6-8-13(19)9-7-12/h6-10,15,20H,4-5H2,1-3H3/t15-/m1/s1. The quantitative estimate of drug-likeness (QED) is 0.573. The lowest BCUT2D eigenvalue weighted by Crippen LogP contribution is -2.56. The van der Waals surface area contributed by atoms with Crippen LogP contribution in [0.1, 0.15) is 32.4 Å². The molecule has 0 amide bonds. The average molecular weight is 410 g/mol. The molecular formula is C18H20BrNO5. The van der Waals surface area contributed by atoms with Crippen molar-refractivity contribution < 1.29 is 23.9 Å². The molecule has 1 aliphatic rings. The van der Waals surface area contributed by atoms with Crippen molar-refractivity contribution in [2.24, 2.45) is 0 Å². The van der Waals surface area contributed by atoms with Crippen LogP contribution in [0, 0.1) is 0 Å². The first kappa shape index (κ1) is 19.3. The molecule has 2 rings (SSSR count). The first-order valence-corrected chi connectivity index (χ1v) is 8.76. The highest BCUT2D eigenvalue weighted by atomic mass is 79.9. The summed E-state index contributed by atoms with van der Waals surface area (Å²) < 4.78 is 11.0. The summed E-state index contributed by atoms with van der Waals surface area (Å²) in [5, 5.41) is 2.96. The van der Waals surface area contributed by atoms with Gasteiger partial charge in [-0.15, -0.1) is 0 Å².